The van der Waals surface area contributed by atoms with Gasteiger partial charge in [0.2, 0.25) is 5.91 Å². The lowest BCUT2D eigenvalue weighted by atomic mass is 9.90. The van der Waals surface area contributed by atoms with Crippen LogP contribution in [0.4, 0.5) is 0 Å². The molecule has 1 heterocycles. The third-order valence-corrected chi connectivity index (χ3v) is 5.26. The quantitative estimate of drug-likeness (QED) is 0.858. The maximum atomic E-state index is 12.8. The Morgan fingerprint density at radius 1 is 1.18 bits per heavy atom. The molecule has 1 aromatic carbocycles. The van der Waals surface area contributed by atoms with Gasteiger partial charge in [0, 0.05) is 20.1 Å². The van der Waals surface area contributed by atoms with E-state index in [2.05, 4.69) is 12.1 Å². The number of rotatable bonds is 4. The van der Waals surface area contributed by atoms with Crippen LogP contribution in [0.1, 0.15) is 31.2 Å². The number of amides is 1. The van der Waals surface area contributed by atoms with Crippen molar-refractivity contribution < 1.29 is 14.3 Å². The van der Waals surface area contributed by atoms with Gasteiger partial charge in [-0.25, -0.2) is 0 Å². The van der Waals surface area contributed by atoms with Crippen LogP contribution in [0.3, 0.4) is 0 Å². The Morgan fingerprint density at radius 3 is 2.45 bits per heavy atom. The van der Waals surface area contributed by atoms with E-state index in [1.54, 1.807) is 14.2 Å². The highest BCUT2D eigenvalue weighted by molar-refractivity contribution is 5.79. The van der Waals surface area contributed by atoms with Crippen LogP contribution in [0.15, 0.2) is 30.3 Å². The number of benzene rings is 1. The molecule has 120 valence electrons. The Kier molecular flexibility index (Phi) is 4.50. The second kappa shape index (κ2) is 6.39. The molecule has 2 atom stereocenters. The number of nitrogens with zero attached hydrogens (tertiary/aromatic N) is 1. The summed E-state index contributed by atoms with van der Waals surface area (Å²) in [5, 5.41) is 0. The van der Waals surface area contributed by atoms with E-state index < -0.39 is 5.60 Å². The lowest BCUT2D eigenvalue weighted by molar-refractivity contribution is -0.135. The molecule has 22 heavy (non-hydrogen) atoms. The van der Waals surface area contributed by atoms with Gasteiger partial charge in [-0.2, -0.15) is 0 Å². The number of hydrogen-bond acceptors (Lipinski definition) is 3. The van der Waals surface area contributed by atoms with E-state index in [0.29, 0.717) is 13.1 Å². The number of methoxy groups -OCH3 is 2. The molecule has 1 amide bonds. The van der Waals surface area contributed by atoms with Crippen molar-refractivity contribution in [2.24, 2.45) is 5.92 Å². The summed E-state index contributed by atoms with van der Waals surface area (Å²) in [6.07, 6.45) is 4.26. The minimum absolute atomic E-state index is 0.134. The van der Waals surface area contributed by atoms with Gasteiger partial charge in [-0.3, -0.25) is 4.79 Å². The first-order chi connectivity index (χ1) is 10.7. The largest absolute Gasteiger partial charge is 0.376 e. The molecule has 4 nitrogen and oxygen atoms in total. The minimum Gasteiger partial charge on any atom is -0.376 e. The first-order valence-corrected chi connectivity index (χ1v) is 8.13. The van der Waals surface area contributed by atoms with Crippen LogP contribution in [0.25, 0.3) is 0 Å². The molecule has 0 N–H and O–H groups in total. The standard InChI is InChI=1S/C18H25NO3/c1-21-16-12-19(17(20)14-8-6-7-9-14)13-18(16,22-2)15-10-4-3-5-11-15/h3-5,10-11,14,16H,6-9,12-13H2,1-2H3/t16-,18-/m0/s1. The van der Waals surface area contributed by atoms with Crippen LogP contribution in [0.2, 0.25) is 0 Å². The van der Waals surface area contributed by atoms with Crippen molar-refractivity contribution in [2.75, 3.05) is 27.3 Å². The van der Waals surface area contributed by atoms with Gasteiger partial charge in [-0.1, -0.05) is 43.2 Å². The van der Waals surface area contributed by atoms with Gasteiger partial charge in [0.15, 0.2) is 0 Å². The molecule has 0 aromatic heterocycles. The molecule has 2 fully saturated rings. The van der Waals surface area contributed by atoms with Crippen LogP contribution < -0.4 is 0 Å². The topological polar surface area (TPSA) is 38.8 Å². The fourth-order valence-corrected chi connectivity index (χ4v) is 3.97. The highest BCUT2D eigenvalue weighted by atomic mass is 16.5. The average Bonchev–Trinajstić information content (AvgIpc) is 3.23. The van der Waals surface area contributed by atoms with E-state index in [9.17, 15) is 4.79 Å². The lowest BCUT2D eigenvalue weighted by Gasteiger charge is -2.32. The predicted molar refractivity (Wildman–Crippen MR) is 84.5 cm³/mol. The zero-order chi connectivity index (χ0) is 15.6. The van der Waals surface area contributed by atoms with Crippen molar-refractivity contribution in [3.63, 3.8) is 0 Å². The number of carbonyl (C=O) groups is 1. The van der Waals surface area contributed by atoms with E-state index >= 15 is 0 Å². The second-order valence-corrected chi connectivity index (χ2v) is 6.38. The third-order valence-electron chi connectivity index (χ3n) is 5.26. The van der Waals surface area contributed by atoms with Gasteiger partial charge in [0.25, 0.3) is 0 Å². The van der Waals surface area contributed by atoms with Crippen molar-refractivity contribution in [2.45, 2.75) is 37.4 Å². The van der Waals surface area contributed by atoms with Crippen molar-refractivity contribution in [1.29, 1.82) is 0 Å². The number of ether oxygens (including phenoxy) is 2. The van der Waals surface area contributed by atoms with E-state index in [1.165, 1.54) is 12.8 Å². The Hall–Kier alpha value is -1.39. The highest BCUT2D eigenvalue weighted by Crippen LogP contribution is 2.39. The van der Waals surface area contributed by atoms with Crippen LogP contribution in [-0.4, -0.2) is 44.2 Å². The molecule has 1 aliphatic carbocycles. The summed E-state index contributed by atoms with van der Waals surface area (Å²) in [5.74, 6) is 0.468. The number of hydrogen-bond donors (Lipinski definition) is 0. The maximum absolute atomic E-state index is 12.8. The Morgan fingerprint density at radius 2 is 1.86 bits per heavy atom. The molecule has 3 rings (SSSR count). The first-order valence-electron chi connectivity index (χ1n) is 8.13. The second-order valence-electron chi connectivity index (χ2n) is 6.38. The third kappa shape index (κ3) is 2.55. The fourth-order valence-electron chi connectivity index (χ4n) is 3.97. The fraction of sp³-hybridized carbons (Fsp3) is 0.611. The zero-order valence-corrected chi connectivity index (χ0v) is 13.5. The summed E-state index contributed by atoms with van der Waals surface area (Å²) in [7, 11) is 3.41. The van der Waals surface area contributed by atoms with Crippen LogP contribution in [0, 0.1) is 5.92 Å². The molecule has 0 spiro atoms. The summed E-state index contributed by atoms with van der Waals surface area (Å²) in [4.78, 5) is 14.7. The van der Waals surface area contributed by atoms with E-state index in [1.807, 2.05) is 23.1 Å². The number of likely N-dealkylation sites (tertiary alicyclic amines) is 1. The van der Waals surface area contributed by atoms with E-state index in [-0.39, 0.29) is 17.9 Å². The average molecular weight is 303 g/mol. The van der Waals surface area contributed by atoms with Crippen molar-refractivity contribution in [1.82, 2.24) is 4.90 Å². The van der Waals surface area contributed by atoms with Crippen LogP contribution in [-0.2, 0) is 19.9 Å². The highest BCUT2D eigenvalue weighted by Gasteiger charge is 2.51. The minimum atomic E-state index is -0.565. The Balaban J connectivity index is 1.86. The van der Waals surface area contributed by atoms with Crippen LogP contribution in [0.5, 0.6) is 0 Å². The van der Waals surface area contributed by atoms with Gasteiger partial charge in [-0.15, -0.1) is 0 Å². The van der Waals surface area contributed by atoms with Gasteiger partial charge in [0.05, 0.1) is 13.1 Å². The molecular formula is C18H25NO3. The van der Waals surface area contributed by atoms with Gasteiger partial charge < -0.3 is 14.4 Å². The molecule has 1 saturated heterocycles. The first kappa shape index (κ1) is 15.5. The lowest BCUT2D eigenvalue weighted by Crippen LogP contribution is -2.42. The molecular weight excluding hydrogens is 278 g/mol. The van der Waals surface area contributed by atoms with Gasteiger partial charge in [-0.05, 0) is 18.4 Å². The van der Waals surface area contributed by atoms with E-state index in [0.717, 1.165) is 18.4 Å². The van der Waals surface area contributed by atoms with Crippen LogP contribution >= 0.6 is 0 Å². The Bertz CT molecular complexity index is 512. The van der Waals surface area contributed by atoms with Gasteiger partial charge in [0.1, 0.15) is 11.7 Å². The SMILES string of the molecule is CO[C@H]1CN(C(=O)C2CCCC2)C[C@]1(OC)c1ccccc1. The molecule has 1 aliphatic heterocycles. The summed E-state index contributed by atoms with van der Waals surface area (Å²) < 4.78 is 11.6. The normalized spacial score (nSPS) is 29.2. The monoisotopic (exact) mass is 303 g/mol. The molecule has 4 heteroatoms. The Labute approximate surface area is 132 Å². The van der Waals surface area contributed by atoms with E-state index in [4.69, 9.17) is 9.47 Å². The summed E-state index contributed by atoms with van der Waals surface area (Å²) in [6, 6.07) is 10.1. The molecule has 0 bridgehead atoms. The predicted octanol–water partition coefficient (Wildman–Crippen LogP) is 2.58. The smallest absolute Gasteiger partial charge is 0.225 e. The maximum Gasteiger partial charge on any atom is 0.225 e. The summed E-state index contributed by atoms with van der Waals surface area (Å²) in [5.41, 5.74) is 0.510. The molecule has 2 aliphatic rings. The van der Waals surface area contributed by atoms with Crippen molar-refractivity contribution in [3.8, 4) is 0 Å². The summed E-state index contributed by atoms with van der Waals surface area (Å²) in [6.45, 7) is 1.18. The molecule has 0 radical (unpaired) electrons. The number of carbonyl (C=O) groups excluding carboxylic acids is 1. The van der Waals surface area contributed by atoms with Crippen molar-refractivity contribution in [3.05, 3.63) is 35.9 Å². The molecule has 1 aromatic rings. The molecule has 0 unspecified atom stereocenters. The summed E-state index contributed by atoms with van der Waals surface area (Å²) >= 11 is 0. The van der Waals surface area contributed by atoms with Crippen molar-refractivity contribution >= 4 is 5.91 Å². The van der Waals surface area contributed by atoms with Gasteiger partial charge >= 0.3 is 0 Å². The zero-order valence-electron chi connectivity index (χ0n) is 13.5. The molecule has 1 saturated carbocycles.